The molecule has 4 heteroatoms. The van der Waals surface area contributed by atoms with Crippen LogP contribution in [-0.2, 0) is 4.79 Å². The van der Waals surface area contributed by atoms with Crippen molar-refractivity contribution in [3.05, 3.63) is 42.0 Å². The van der Waals surface area contributed by atoms with Crippen molar-refractivity contribution in [1.82, 2.24) is 0 Å². The summed E-state index contributed by atoms with van der Waals surface area (Å²) in [6.07, 6.45) is 7.07. The maximum absolute atomic E-state index is 10.1. The molecule has 1 aromatic rings. The molecule has 0 heterocycles. The van der Waals surface area contributed by atoms with E-state index in [1.54, 1.807) is 6.08 Å². The number of aliphatic hydroxyl groups is 2. The van der Waals surface area contributed by atoms with Crippen molar-refractivity contribution in [3.8, 4) is 0 Å². The molecule has 0 saturated heterocycles. The zero-order valence-corrected chi connectivity index (χ0v) is 12.2. The Morgan fingerprint density at radius 1 is 1.00 bits per heavy atom. The van der Waals surface area contributed by atoms with E-state index < -0.39 is 5.97 Å². The van der Waals surface area contributed by atoms with Gasteiger partial charge in [-0.2, -0.15) is 0 Å². The van der Waals surface area contributed by atoms with E-state index in [2.05, 4.69) is 0 Å². The number of aliphatic hydroxyl groups excluding tert-OH is 2. The van der Waals surface area contributed by atoms with Gasteiger partial charge < -0.3 is 15.3 Å². The zero-order chi connectivity index (χ0) is 15.5. The van der Waals surface area contributed by atoms with E-state index in [-0.39, 0.29) is 0 Å². The first-order valence-corrected chi connectivity index (χ1v) is 7.33. The van der Waals surface area contributed by atoms with Crippen LogP contribution in [0.15, 0.2) is 36.4 Å². The lowest BCUT2D eigenvalue weighted by Gasteiger charge is -2.25. The van der Waals surface area contributed by atoms with Crippen molar-refractivity contribution in [1.29, 1.82) is 0 Å². The van der Waals surface area contributed by atoms with E-state index >= 15 is 0 Å². The average molecular weight is 292 g/mol. The summed E-state index contributed by atoms with van der Waals surface area (Å²) in [5, 5.41) is 25.9. The smallest absolute Gasteiger partial charge is 0.328 e. The van der Waals surface area contributed by atoms with Crippen LogP contribution in [0.25, 0.3) is 6.08 Å². The first-order chi connectivity index (χ1) is 10.2. The fourth-order valence-corrected chi connectivity index (χ4v) is 2.33. The van der Waals surface area contributed by atoms with E-state index in [1.165, 1.54) is 0 Å². The van der Waals surface area contributed by atoms with Gasteiger partial charge in [0.15, 0.2) is 0 Å². The summed E-state index contributed by atoms with van der Waals surface area (Å²) in [7, 11) is 0. The number of carboxylic acids is 1. The Balaban J connectivity index is 0.000000211. The van der Waals surface area contributed by atoms with Gasteiger partial charge in [0.2, 0.25) is 0 Å². The number of rotatable bonds is 4. The second-order valence-corrected chi connectivity index (χ2v) is 5.33. The molecule has 116 valence electrons. The molecule has 1 aromatic carbocycles. The van der Waals surface area contributed by atoms with Crippen LogP contribution in [0.4, 0.5) is 0 Å². The van der Waals surface area contributed by atoms with Crippen LogP contribution in [0.5, 0.6) is 0 Å². The SMILES string of the molecule is O=C(O)C=Cc1ccccc1.OCC1CCC(CO)CC1. The Hall–Kier alpha value is -1.65. The average Bonchev–Trinajstić information content (AvgIpc) is 2.54. The van der Waals surface area contributed by atoms with Gasteiger partial charge in [0.05, 0.1) is 0 Å². The molecule has 0 amide bonds. The summed E-state index contributed by atoms with van der Waals surface area (Å²) in [4.78, 5) is 10.1. The maximum atomic E-state index is 10.1. The lowest BCUT2D eigenvalue weighted by atomic mass is 9.83. The Bertz CT molecular complexity index is 408. The number of aliphatic carboxylic acids is 1. The molecule has 0 spiro atoms. The van der Waals surface area contributed by atoms with Crippen molar-refractivity contribution < 1.29 is 20.1 Å². The van der Waals surface area contributed by atoms with Crippen molar-refractivity contribution >= 4 is 12.0 Å². The summed E-state index contributed by atoms with van der Waals surface area (Å²) in [5.41, 5.74) is 0.898. The van der Waals surface area contributed by atoms with Gasteiger partial charge >= 0.3 is 5.97 Å². The highest BCUT2D eigenvalue weighted by Crippen LogP contribution is 2.27. The Morgan fingerprint density at radius 3 is 1.86 bits per heavy atom. The molecular weight excluding hydrogens is 268 g/mol. The van der Waals surface area contributed by atoms with Crippen molar-refractivity contribution in [2.45, 2.75) is 25.7 Å². The minimum atomic E-state index is -0.922. The first-order valence-electron chi connectivity index (χ1n) is 7.33. The monoisotopic (exact) mass is 292 g/mol. The van der Waals surface area contributed by atoms with Crippen LogP contribution < -0.4 is 0 Å². The van der Waals surface area contributed by atoms with E-state index in [4.69, 9.17) is 15.3 Å². The van der Waals surface area contributed by atoms with Gasteiger partial charge in [0, 0.05) is 19.3 Å². The van der Waals surface area contributed by atoms with Gasteiger partial charge in [-0.25, -0.2) is 4.79 Å². The summed E-state index contributed by atoms with van der Waals surface area (Å²) in [6.45, 7) is 0.663. The molecule has 0 radical (unpaired) electrons. The fourth-order valence-electron chi connectivity index (χ4n) is 2.33. The summed E-state index contributed by atoms with van der Waals surface area (Å²) in [6, 6.07) is 9.31. The van der Waals surface area contributed by atoms with E-state index in [9.17, 15) is 4.79 Å². The number of benzene rings is 1. The molecule has 1 saturated carbocycles. The topological polar surface area (TPSA) is 77.8 Å². The highest BCUT2D eigenvalue weighted by Gasteiger charge is 2.19. The fraction of sp³-hybridized carbons (Fsp3) is 0.471. The zero-order valence-electron chi connectivity index (χ0n) is 12.2. The summed E-state index contributed by atoms with van der Waals surface area (Å²) in [5.74, 6) is 0.111. The van der Waals surface area contributed by atoms with E-state index in [0.29, 0.717) is 25.0 Å². The number of carbonyl (C=O) groups is 1. The molecule has 1 aliphatic rings. The Labute approximate surface area is 125 Å². The lowest BCUT2D eigenvalue weighted by Crippen LogP contribution is -2.19. The third-order valence-electron chi connectivity index (χ3n) is 3.70. The molecule has 3 N–H and O–H groups in total. The molecule has 2 rings (SSSR count). The van der Waals surface area contributed by atoms with Gasteiger partial charge in [-0.3, -0.25) is 0 Å². The van der Waals surface area contributed by atoms with Crippen LogP contribution in [0.3, 0.4) is 0 Å². The van der Waals surface area contributed by atoms with Gasteiger partial charge in [0.25, 0.3) is 0 Å². The molecule has 1 fully saturated rings. The van der Waals surface area contributed by atoms with Gasteiger partial charge in [-0.1, -0.05) is 30.3 Å². The largest absolute Gasteiger partial charge is 0.478 e. The number of hydrogen-bond acceptors (Lipinski definition) is 3. The van der Waals surface area contributed by atoms with Gasteiger partial charge in [0.1, 0.15) is 0 Å². The summed E-state index contributed by atoms with van der Waals surface area (Å²) >= 11 is 0. The Kier molecular flexibility index (Phi) is 8.40. The van der Waals surface area contributed by atoms with Crippen LogP contribution >= 0.6 is 0 Å². The second kappa shape index (κ2) is 10.1. The van der Waals surface area contributed by atoms with Crippen molar-refractivity contribution in [3.63, 3.8) is 0 Å². The molecule has 4 nitrogen and oxygen atoms in total. The van der Waals surface area contributed by atoms with Crippen LogP contribution in [0.1, 0.15) is 31.2 Å². The molecular formula is C17H24O4. The lowest BCUT2D eigenvalue weighted by molar-refractivity contribution is -0.131. The molecule has 0 aromatic heterocycles. The highest BCUT2D eigenvalue weighted by atomic mass is 16.4. The van der Waals surface area contributed by atoms with Gasteiger partial charge in [-0.15, -0.1) is 0 Å². The molecule has 0 aliphatic heterocycles. The third-order valence-corrected chi connectivity index (χ3v) is 3.70. The predicted octanol–water partition coefficient (Wildman–Crippen LogP) is 2.56. The van der Waals surface area contributed by atoms with Crippen LogP contribution in [0.2, 0.25) is 0 Å². The van der Waals surface area contributed by atoms with Crippen LogP contribution in [0, 0.1) is 11.8 Å². The molecule has 0 atom stereocenters. The quantitative estimate of drug-likeness (QED) is 0.745. The number of hydrogen-bond donors (Lipinski definition) is 3. The number of carboxylic acid groups (broad SMARTS) is 1. The molecule has 1 aliphatic carbocycles. The summed E-state index contributed by atoms with van der Waals surface area (Å²) < 4.78 is 0. The molecule has 0 unspecified atom stereocenters. The highest BCUT2D eigenvalue weighted by molar-refractivity contribution is 5.85. The first kappa shape index (κ1) is 17.4. The van der Waals surface area contributed by atoms with E-state index in [0.717, 1.165) is 37.3 Å². The third kappa shape index (κ3) is 7.63. The van der Waals surface area contributed by atoms with Crippen molar-refractivity contribution in [2.75, 3.05) is 13.2 Å². The molecule has 21 heavy (non-hydrogen) atoms. The Morgan fingerprint density at radius 2 is 1.48 bits per heavy atom. The van der Waals surface area contributed by atoms with E-state index in [1.807, 2.05) is 30.3 Å². The van der Waals surface area contributed by atoms with Crippen LogP contribution in [-0.4, -0.2) is 34.5 Å². The van der Waals surface area contributed by atoms with Crippen molar-refractivity contribution in [2.24, 2.45) is 11.8 Å². The standard InChI is InChI=1S/C9H8O2.C8H16O2/c10-9(11)7-6-8-4-2-1-3-5-8;9-5-7-1-2-8(6-10)4-3-7/h1-7H,(H,10,11);7-10H,1-6H2. The predicted molar refractivity (Wildman–Crippen MR) is 82.7 cm³/mol. The second-order valence-electron chi connectivity index (χ2n) is 5.33. The maximum Gasteiger partial charge on any atom is 0.328 e. The minimum absolute atomic E-state index is 0.331. The molecule has 0 bridgehead atoms. The minimum Gasteiger partial charge on any atom is -0.478 e. The normalized spacial score (nSPS) is 21.6. The van der Waals surface area contributed by atoms with Gasteiger partial charge in [-0.05, 0) is 49.2 Å².